The second-order valence-corrected chi connectivity index (χ2v) is 4.25. The van der Waals surface area contributed by atoms with Crippen LogP contribution in [0.2, 0.25) is 0 Å². The average Bonchev–Trinajstić information content (AvgIpc) is 2.84. The van der Waals surface area contributed by atoms with E-state index in [4.69, 9.17) is 12.2 Å². The fraction of sp³-hybridized carbons (Fsp3) is 0.0833. The molecule has 0 aliphatic heterocycles. The molecule has 1 aromatic carbocycles. The van der Waals surface area contributed by atoms with Crippen LogP contribution in [0.3, 0.4) is 0 Å². The van der Waals surface area contributed by atoms with Gasteiger partial charge in [-0.1, -0.05) is 42.5 Å². The quantitative estimate of drug-likeness (QED) is 0.615. The van der Waals surface area contributed by atoms with Gasteiger partial charge in [0.25, 0.3) is 0 Å². The van der Waals surface area contributed by atoms with Crippen LogP contribution in [0.15, 0.2) is 36.7 Å². The lowest BCUT2D eigenvalue weighted by molar-refractivity contribution is 0.211. The molecule has 0 aliphatic rings. The zero-order valence-electron chi connectivity index (χ0n) is 9.29. The number of fused-ring (bicyclic) bond motifs is 1. The number of benzene rings is 1. The first-order chi connectivity index (χ1) is 8.75. The van der Waals surface area contributed by atoms with Crippen molar-refractivity contribution in [3.05, 3.63) is 52.7 Å². The minimum atomic E-state index is -0.804. The van der Waals surface area contributed by atoms with Gasteiger partial charge < -0.3 is 15.1 Å². The van der Waals surface area contributed by atoms with Crippen molar-refractivity contribution in [2.75, 3.05) is 0 Å². The smallest absolute Gasteiger partial charge is 0.160 e. The number of aliphatic hydroxyl groups is 1. The van der Waals surface area contributed by atoms with Crippen molar-refractivity contribution in [3.8, 4) is 0 Å². The highest BCUT2D eigenvalue weighted by molar-refractivity contribution is 7.71. The summed E-state index contributed by atoms with van der Waals surface area (Å²) < 4.78 is 0.433. The van der Waals surface area contributed by atoms with Crippen LogP contribution in [-0.4, -0.2) is 25.0 Å². The summed E-state index contributed by atoms with van der Waals surface area (Å²) in [5, 5.41) is 10.2. The Morgan fingerprint density at radius 2 is 2.00 bits per heavy atom. The number of hydrogen-bond acceptors (Lipinski definition) is 4. The average molecular weight is 258 g/mol. The summed E-state index contributed by atoms with van der Waals surface area (Å²) in [6, 6.07) is 9.32. The monoisotopic (exact) mass is 258 g/mol. The minimum absolute atomic E-state index is 0.433. The van der Waals surface area contributed by atoms with Gasteiger partial charge in [0.05, 0.1) is 6.33 Å². The van der Waals surface area contributed by atoms with Crippen molar-refractivity contribution < 1.29 is 5.11 Å². The first-order valence-electron chi connectivity index (χ1n) is 5.42. The molecule has 0 radical (unpaired) electrons. The number of nitrogens with one attached hydrogen (secondary N) is 2. The van der Waals surface area contributed by atoms with E-state index in [0.29, 0.717) is 21.6 Å². The van der Waals surface area contributed by atoms with Gasteiger partial charge >= 0.3 is 0 Å². The maximum absolute atomic E-state index is 10.2. The third-order valence-electron chi connectivity index (χ3n) is 2.69. The minimum Gasteiger partial charge on any atom is -0.380 e. The molecule has 0 fully saturated rings. The fourth-order valence-electron chi connectivity index (χ4n) is 1.79. The number of aromatic nitrogens is 4. The Kier molecular flexibility index (Phi) is 2.66. The number of aliphatic hydroxyl groups excluding tert-OH is 1. The number of rotatable bonds is 2. The Morgan fingerprint density at radius 3 is 2.72 bits per heavy atom. The molecule has 2 heterocycles. The van der Waals surface area contributed by atoms with E-state index in [0.717, 1.165) is 5.56 Å². The van der Waals surface area contributed by atoms with Crippen molar-refractivity contribution in [2.45, 2.75) is 6.10 Å². The number of H-pyrrole nitrogens is 2. The Bertz CT molecular complexity index is 734. The summed E-state index contributed by atoms with van der Waals surface area (Å²) in [5.74, 6) is 0.451. The zero-order chi connectivity index (χ0) is 12.5. The Morgan fingerprint density at radius 1 is 1.22 bits per heavy atom. The van der Waals surface area contributed by atoms with Gasteiger partial charge in [-0.15, -0.1) is 0 Å². The van der Waals surface area contributed by atoms with E-state index in [9.17, 15) is 5.11 Å². The van der Waals surface area contributed by atoms with Crippen molar-refractivity contribution in [1.82, 2.24) is 19.9 Å². The predicted octanol–water partition coefficient (Wildman–Crippen LogP) is 2.10. The number of imidazole rings is 1. The predicted molar refractivity (Wildman–Crippen MR) is 69.6 cm³/mol. The summed E-state index contributed by atoms with van der Waals surface area (Å²) in [4.78, 5) is 14.1. The Hall–Kier alpha value is -2.05. The van der Waals surface area contributed by atoms with Crippen LogP contribution in [0.25, 0.3) is 11.2 Å². The third-order valence-corrected chi connectivity index (χ3v) is 3.00. The summed E-state index contributed by atoms with van der Waals surface area (Å²) >= 11 is 5.09. The van der Waals surface area contributed by atoms with Gasteiger partial charge in [-0.25, -0.2) is 9.97 Å². The van der Waals surface area contributed by atoms with Crippen molar-refractivity contribution in [2.24, 2.45) is 0 Å². The van der Waals surface area contributed by atoms with Gasteiger partial charge in [-0.3, -0.25) is 0 Å². The topological polar surface area (TPSA) is 77.6 Å². The number of nitrogens with zero attached hydrogens (tertiary/aromatic N) is 2. The van der Waals surface area contributed by atoms with Crippen molar-refractivity contribution in [3.63, 3.8) is 0 Å². The SMILES string of the molecule is O[C@H](c1ccccc1)c1nc2[nH]cnc(=S)c2[nH]1. The second kappa shape index (κ2) is 4.32. The second-order valence-electron chi connectivity index (χ2n) is 3.87. The van der Waals surface area contributed by atoms with E-state index in [-0.39, 0.29) is 0 Å². The third kappa shape index (κ3) is 1.81. The lowest BCUT2D eigenvalue weighted by Crippen LogP contribution is -2.01. The van der Waals surface area contributed by atoms with E-state index in [1.165, 1.54) is 6.33 Å². The molecule has 0 aliphatic carbocycles. The summed E-state index contributed by atoms with van der Waals surface area (Å²) in [6.07, 6.45) is 0.686. The van der Waals surface area contributed by atoms with E-state index in [1.54, 1.807) is 0 Å². The molecule has 2 aromatic heterocycles. The molecule has 0 bridgehead atoms. The molecule has 1 atom stereocenters. The van der Waals surface area contributed by atoms with Crippen LogP contribution in [-0.2, 0) is 0 Å². The molecule has 3 rings (SSSR count). The standard InChI is InChI=1S/C12H10N4OS/c17-9(7-4-2-1-3-5-7)11-15-8-10(16-11)13-6-14-12(8)18/h1-6,9,17H,(H2,13,14,15,16,18)/t9-/m1/s1. The molecule has 0 saturated heterocycles. The highest BCUT2D eigenvalue weighted by Crippen LogP contribution is 2.21. The van der Waals surface area contributed by atoms with Crippen LogP contribution >= 0.6 is 12.2 Å². The molecule has 5 nitrogen and oxygen atoms in total. The van der Waals surface area contributed by atoms with Gasteiger partial charge in [-0.2, -0.15) is 0 Å². The number of hydrogen-bond donors (Lipinski definition) is 3. The van der Waals surface area contributed by atoms with Crippen molar-refractivity contribution >= 4 is 23.4 Å². The van der Waals surface area contributed by atoms with Gasteiger partial charge in [-0.05, 0) is 5.56 Å². The maximum Gasteiger partial charge on any atom is 0.160 e. The highest BCUT2D eigenvalue weighted by Gasteiger charge is 2.15. The van der Waals surface area contributed by atoms with Crippen LogP contribution < -0.4 is 0 Å². The largest absolute Gasteiger partial charge is 0.380 e. The first kappa shape index (κ1) is 11.1. The molecule has 0 spiro atoms. The van der Waals surface area contributed by atoms with Crippen LogP contribution in [0.5, 0.6) is 0 Å². The molecule has 90 valence electrons. The molecular formula is C12H10N4OS. The van der Waals surface area contributed by atoms with E-state index in [1.807, 2.05) is 30.3 Å². The lowest BCUT2D eigenvalue weighted by atomic mass is 10.1. The van der Waals surface area contributed by atoms with Crippen molar-refractivity contribution in [1.29, 1.82) is 0 Å². The van der Waals surface area contributed by atoms with Gasteiger partial charge in [0.2, 0.25) is 0 Å². The Balaban J connectivity index is 2.10. The van der Waals surface area contributed by atoms with Crippen LogP contribution in [0.1, 0.15) is 17.5 Å². The fourth-order valence-corrected chi connectivity index (χ4v) is 1.99. The Labute approximate surface area is 108 Å². The van der Waals surface area contributed by atoms with Gasteiger partial charge in [0.1, 0.15) is 17.4 Å². The lowest BCUT2D eigenvalue weighted by Gasteiger charge is -2.06. The summed E-state index contributed by atoms with van der Waals surface area (Å²) in [6.45, 7) is 0. The maximum atomic E-state index is 10.2. The highest BCUT2D eigenvalue weighted by atomic mass is 32.1. The van der Waals surface area contributed by atoms with Gasteiger partial charge in [0, 0.05) is 0 Å². The molecule has 3 aromatic rings. The number of aromatic amines is 2. The molecular weight excluding hydrogens is 248 g/mol. The summed E-state index contributed by atoms with van der Waals surface area (Å²) in [5.41, 5.74) is 2.01. The molecule has 18 heavy (non-hydrogen) atoms. The zero-order valence-corrected chi connectivity index (χ0v) is 10.1. The van der Waals surface area contributed by atoms with Crippen LogP contribution in [0, 0.1) is 4.64 Å². The molecule has 0 unspecified atom stereocenters. The molecule has 3 N–H and O–H groups in total. The van der Waals surface area contributed by atoms with Crippen LogP contribution in [0.4, 0.5) is 0 Å². The van der Waals surface area contributed by atoms with E-state index < -0.39 is 6.10 Å². The van der Waals surface area contributed by atoms with Gasteiger partial charge in [0.15, 0.2) is 10.3 Å². The summed E-state index contributed by atoms with van der Waals surface area (Å²) in [7, 11) is 0. The normalized spacial score (nSPS) is 12.7. The first-order valence-corrected chi connectivity index (χ1v) is 5.83. The molecule has 0 saturated carbocycles. The van der Waals surface area contributed by atoms with E-state index >= 15 is 0 Å². The molecule has 6 heteroatoms. The van der Waals surface area contributed by atoms with E-state index in [2.05, 4.69) is 19.9 Å². The molecule has 0 amide bonds.